The van der Waals surface area contributed by atoms with Crippen LogP contribution in [0.5, 0.6) is 0 Å². The average Bonchev–Trinajstić information content (AvgIpc) is 3.11. The molecule has 24 heavy (non-hydrogen) atoms. The first-order valence-electron chi connectivity index (χ1n) is 6.86. The van der Waals surface area contributed by atoms with E-state index in [1.54, 1.807) is 0 Å². The molecule has 4 aromatic rings. The number of nitrogens with one attached hydrogen (secondary N) is 1. The van der Waals surface area contributed by atoms with Crippen LogP contribution in [0.4, 0.5) is 8.78 Å². The summed E-state index contributed by atoms with van der Waals surface area (Å²) < 4.78 is 28.7. The molecule has 0 unspecified atom stereocenters. The fourth-order valence-electron chi connectivity index (χ4n) is 2.66. The van der Waals surface area contributed by atoms with Crippen molar-refractivity contribution in [1.82, 2.24) is 24.7 Å². The number of aromatic carboxylic acids is 1. The zero-order valence-corrected chi connectivity index (χ0v) is 12.2. The van der Waals surface area contributed by atoms with Crippen LogP contribution in [-0.2, 0) is 7.05 Å². The van der Waals surface area contributed by atoms with E-state index in [1.807, 2.05) is 0 Å². The highest BCUT2D eigenvalue weighted by Crippen LogP contribution is 2.29. The van der Waals surface area contributed by atoms with E-state index in [-0.39, 0.29) is 22.3 Å². The lowest BCUT2D eigenvalue weighted by molar-refractivity contribution is 0.0699. The van der Waals surface area contributed by atoms with E-state index in [1.165, 1.54) is 30.2 Å². The molecule has 4 rings (SSSR count). The Bertz CT molecular complexity index is 1130. The van der Waals surface area contributed by atoms with Gasteiger partial charge in [0.05, 0.1) is 6.20 Å². The molecule has 0 amide bonds. The third-order valence-corrected chi connectivity index (χ3v) is 3.75. The van der Waals surface area contributed by atoms with Gasteiger partial charge >= 0.3 is 5.97 Å². The van der Waals surface area contributed by atoms with Gasteiger partial charge in [-0.25, -0.2) is 23.5 Å². The molecule has 0 aliphatic heterocycles. The maximum atomic E-state index is 14.0. The summed E-state index contributed by atoms with van der Waals surface area (Å²) in [6, 6.07) is 2.41. The van der Waals surface area contributed by atoms with Crippen LogP contribution >= 0.6 is 0 Å². The van der Waals surface area contributed by atoms with Crippen molar-refractivity contribution < 1.29 is 18.7 Å². The van der Waals surface area contributed by atoms with Gasteiger partial charge in [0.15, 0.2) is 17.3 Å². The number of carbonyl (C=O) groups is 1. The van der Waals surface area contributed by atoms with E-state index in [9.17, 15) is 18.7 Å². The second-order valence-corrected chi connectivity index (χ2v) is 5.19. The molecular weight excluding hydrogens is 320 g/mol. The van der Waals surface area contributed by atoms with Crippen LogP contribution in [0.3, 0.4) is 0 Å². The maximum absolute atomic E-state index is 14.0. The molecule has 7 nitrogen and oxygen atoms in total. The minimum absolute atomic E-state index is 0.000534. The molecule has 0 fully saturated rings. The highest BCUT2D eigenvalue weighted by atomic mass is 19.2. The Balaban J connectivity index is 2.01. The topological polar surface area (TPSA) is 96.7 Å². The average molecular weight is 329 g/mol. The van der Waals surface area contributed by atoms with Gasteiger partial charge in [-0.15, -0.1) is 0 Å². The van der Waals surface area contributed by atoms with E-state index in [4.69, 9.17) is 0 Å². The standard InChI is InChI=1S/C15H9F2N5O2/c1-22-13-6(2-3-8(16)10(13)17)11(21-22)9-5-19-14-12(20-9)7(4-18-14)15(23)24/h2-5H,1H3,(H,18,19)(H,23,24). The molecule has 0 saturated heterocycles. The highest BCUT2D eigenvalue weighted by molar-refractivity contribution is 6.01. The van der Waals surface area contributed by atoms with Crippen molar-refractivity contribution in [3.05, 3.63) is 41.7 Å². The Morgan fingerprint density at radius 2 is 2.12 bits per heavy atom. The third kappa shape index (κ3) is 1.87. The Hall–Kier alpha value is -3.36. The number of benzene rings is 1. The lowest BCUT2D eigenvalue weighted by atomic mass is 10.1. The Labute approximate surface area is 132 Å². The number of hydrogen-bond donors (Lipinski definition) is 2. The zero-order valence-electron chi connectivity index (χ0n) is 12.2. The van der Waals surface area contributed by atoms with E-state index in [0.29, 0.717) is 16.7 Å². The fraction of sp³-hybridized carbons (Fsp3) is 0.0667. The van der Waals surface area contributed by atoms with Gasteiger partial charge in [-0.3, -0.25) is 4.68 Å². The number of aromatic nitrogens is 5. The quantitative estimate of drug-likeness (QED) is 0.589. The van der Waals surface area contributed by atoms with Crippen LogP contribution in [0.2, 0.25) is 0 Å². The van der Waals surface area contributed by atoms with Crippen molar-refractivity contribution in [1.29, 1.82) is 0 Å². The molecule has 3 heterocycles. The second-order valence-electron chi connectivity index (χ2n) is 5.19. The number of aryl methyl sites for hydroxylation is 1. The molecule has 0 saturated carbocycles. The largest absolute Gasteiger partial charge is 0.478 e. The number of aromatic amines is 1. The molecule has 0 aliphatic rings. The van der Waals surface area contributed by atoms with Crippen LogP contribution < -0.4 is 0 Å². The van der Waals surface area contributed by atoms with Crippen molar-refractivity contribution >= 4 is 28.0 Å². The fourth-order valence-corrected chi connectivity index (χ4v) is 2.66. The first kappa shape index (κ1) is 14.2. The number of nitrogens with zero attached hydrogens (tertiary/aromatic N) is 4. The summed E-state index contributed by atoms with van der Waals surface area (Å²) in [7, 11) is 1.49. The molecule has 1 aromatic carbocycles. The Morgan fingerprint density at radius 1 is 1.33 bits per heavy atom. The van der Waals surface area contributed by atoms with Crippen LogP contribution in [0.25, 0.3) is 33.5 Å². The molecule has 0 radical (unpaired) electrons. The van der Waals surface area contributed by atoms with Gasteiger partial charge in [0.2, 0.25) is 0 Å². The summed E-state index contributed by atoms with van der Waals surface area (Å²) in [6.07, 6.45) is 2.69. The number of hydrogen-bond acceptors (Lipinski definition) is 4. The predicted molar refractivity (Wildman–Crippen MR) is 80.5 cm³/mol. The van der Waals surface area contributed by atoms with Gasteiger partial charge < -0.3 is 10.1 Å². The summed E-state index contributed by atoms with van der Waals surface area (Å²) in [5, 5.41) is 13.7. The molecule has 0 atom stereocenters. The van der Waals surface area contributed by atoms with Gasteiger partial charge in [-0.05, 0) is 12.1 Å². The summed E-state index contributed by atoms with van der Waals surface area (Å²) in [6.45, 7) is 0. The summed E-state index contributed by atoms with van der Waals surface area (Å²) in [5.74, 6) is -3.13. The minimum atomic E-state index is -1.15. The van der Waals surface area contributed by atoms with Crippen LogP contribution in [0.15, 0.2) is 24.5 Å². The normalized spacial score (nSPS) is 11.5. The van der Waals surface area contributed by atoms with Crippen molar-refractivity contribution in [2.75, 3.05) is 0 Å². The van der Waals surface area contributed by atoms with E-state index in [2.05, 4.69) is 20.1 Å². The SMILES string of the molecule is Cn1nc(-c2cnc3[nH]cc(C(=O)O)c3n2)c2ccc(F)c(F)c21. The Kier molecular flexibility index (Phi) is 2.86. The van der Waals surface area contributed by atoms with Crippen molar-refractivity contribution in [2.24, 2.45) is 7.05 Å². The molecule has 0 aliphatic carbocycles. The van der Waals surface area contributed by atoms with Crippen LogP contribution in [-0.4, -0.2) is 35.8 Å². The highest BCUT2D eigenvalue weighted by Gasteiger charge is 2.20. The lowest BCUT2D eigenvalue weighted by Crippen LogP contribution is -1.97. The number of fused-ring (bicyclic) bond motifs is 2. The van der Waals surface area contributed by atoms with Gasteiger partial charge in [-0.2, -0.15) is 5.10 Å². The summed E-state index contributed by atoms with van der Waals surface area (Å²) in [4.78, 5) is 22.3. The summed E-state index contributed by atoms with van der Waals surface area (Å²) in [5.41, 5.74) is 1.01. The van der Waals surface area contributed by atoms with Gasteiger partial charge in [0.25, 0.3) is 0 Å². The molecular formula is C15H9F2N5O2. The third-order valence-electron chi connectivity index (χ3n) is 3.75. The number of carboxylic acid groups (broad SMARTS) is 1. The van der Waals surface area contributed by atoms with E-state index >= 15 is 0 Å². The number of rotatable bonds is 2. The molecule has 3 aromatic heterocycles. The minimum Gasteiger partial charge on any atom is -0.478 e. The van der Waals surface area contributed by atoms with E-state index < -0.39 is 17.6 Å². The lowest BCUT2D eigenvalue weighted by Gasteiger charge is -1.99. The first-order chi connectivity index (χ1) is 11.5. The molecule has 9 heteroatoms. The molecule has 0 spiro atoms. The maximum Gasteiger partial charge on any atom is 0.339 e. The number of halogens is 2. The molecule has 2 N–H and O–H groups in total. The van der Waals surface area contributed by atoms with Crippen LogP contribution in [0.1, 0.15) is 10.4 Å². The van der Waals surface area contributed by atoms with Crippen molar-refractivity contribution in [3.8, 4) is 11.4 Å². The monoisotopic (exact) mass is 329 g/mol. The first-order valence-corrected chi connectivity index (χ1v) is 6.86. The van der Waals surface area contributed by atoms with Gasteiger partial charge in [0.1, 0.15) is 28.0 Å². The van der Waals surface area contributed by atoms with E-state index in [0.717, 1.165) is 6.07 Å². The summed E-state index contributed by atoms with van der Waals surface area (Å²) >= 11 is 0. The number of H-pyrrole nitrogens is 1. The van der Waals surface area contributed by atoms with Crippen LogP contribution in [0, 0.1) is 11.6 Å². The molecule has 0 bridgehead atoms. The smallest absolute Gasteiger partial charge is 0.339 e. The van der Waals surface area contributed by atoms with Gasteiger partial charge in [0, 0.05) is 18.6 Å². The Morgan fingerprint density at radius 3 is 2.88 bits per heavy atom. The van der Waals surface area contributed by atoms with Crippen molar-refractivity contribution in [3.63, 3.8) is 0 Å². The number of carboxylic acids is 1. The van der Waals surface area contributed by atoms with Crippen molar-refractivity contribution in [2.45, 2.75) is 0 Å². The molecule has 120 valence electrons. The second kappa shape index (κ2) is 4.82. The predicted octanol–water partition coefficient (Wildman–Crippen LogP) is 2.49. The van der Waals surface area contributed by atoms with Gasteiger partial charge in [-0.1, -0.05) is 0 Å². The zero-order chi connectivity index (χ0) is 17.0.